The van der Waals surface area contributed by atoms with Crippen LogP contribution in [0, 0.1) is 0 Å². The number of anilines is 1. The van der Waals surface area contributed by atoms with Gasteiger partial charge in [0.15, 0.2) is 4.33 Å². The van der Waals surface area contributed by atoms with E-state index in [9.17, 15) is 0 Å². The first kappa shape index (κ1) is 14.0. The summed E-state index contributed by atoms with van der Waals surface area (Å²) in [4.78, 5) is 0. The molecule has 96 valence electrons. The van der Waals surface area contributed by atoms with Crippen LogP contribution in [0.25, 0.3) is 5.57 Å². The molecule has 0 aliphatic heterocycles. The summed E-state index contributed by atoms with van der Waals surface area (Å²) in [5, 5.41) is 0.943. The lowest BCUT2D eigenvalue weighted by Gasteiger charge is -2.27. The zero-order valence-electron chi connectivity index (χ0n) is 9.13. The number of alkyl halides is 2. The Kier molecular flexibility index (Phi) is 3.86. The molecule has 0 saturated carbocycles. The van der Waals surface area contributed by atoms with Gasteiger partial charge in [0.25, 0.3) is 0 Å². The SMILES string of the molecule is Nc1ccc(C2=CC(Cl)(Cl)C(N)C=C2Cl)c(Cl)c1. The third-order valence-electron chi connectivity index (χ3n) is 2.65. The lowest BCUT2D eigenvalue weighted by Crippen LogP contribution is -2.38. The van der Waals surface area contributed by atoms with Gasteiger partial charge in [-0.15, -0.1) is 0 Å². The molecule has 1 aromatic rings. The third kappa shape index (κ3) is 2.63. The summed E-state index contributed by atoms with van der Waals surface area (Å²) < 4.78 is -1.21. The molecule has 0 saturated heterocycles. The van der Waals surface area contributed by atoms with Gasteiger partial charge in [-0.05, 0) is 24.3 Å². The highest BCUT2D eigenvalue weighted by molar-refractivity contribution is 6.52. The van der Waals surface area contributed by atoms with Crippen LogP contribution in [0.3, 0.4) is 0 Å². The molecule has 1 aliphatic rings. The summed E-state index contributed by atoms with van der Waals surface area (Å²) in [6.45, 7) is 0. The minimum absolute atomic E-state index is 0.464. The van der Waals surface area contributed by atoms with Crippen molar-refractivity contribution >= 4 is 57.7 Å². The molecular weight excluding hydrogens is 314 g/mol. The fourth-order valence-electron chi connectivity index (χ4n) is 1.67. The number of hydrogen-bond donors (Lipinski definition) is 2. The van der Waals surface area contributed by atoms with Gasteiger partial charge in [-0.2, -0.15) is 0 Å². The first-order valence-corrected chi connectivity index (χ1v) is 6.62. The van der Waals surface area contributed by atoms with Gasteiger partial charge in [-0.1, -0.05) is 52.5 Å². The second-order valence-electron chi connectivity index (χ2n) is 4.01. The molecular formula is C12H10Cl4N2. The molecule has 1 aliphatic carbocycles. The van der Waals surface area contributed by atoms with Gasteiger partial charge in [0.05, 0.1) is 11.1 Å². The zero-order chi connectivity index (χ0) is 13.5. The largest absolute Gasteiger partial charge is 0.399 e. The Labute approximate surface area is 125 Å². The number of allylic oxidation sites excluding steroid dienone is 2. The summed E-state index contributed by atoms with van der Waals surface area (Å²) in [7, 11) is 0. The summed E-state index contributed by atoms with van der Waals surface area (Å²) in [5.74, 6) is 0. The maximum Gasteiger partial charge on any atom is 0.155 e. The van der Waals surface area contributed by atoms with Crippen LogP contribution in [0.5, 0.6) is 0 Å². The number of halogens is 4. The molecule has 2 rings (SSSR count). The van der Waals surface area contributed by atoms with Gasteiger partial charge in [0.2, 0.25) is 0 Å². The van der Waals surface area contributed by atoms with E-state index in [0.717, 1.165) is 0 Å². The molecule has 0 spiro atoms. The highest BCUT2D eigenvalue weighted by Crippen LogP contribution is 2.41. The van der Waals surface area contributed by atoms with Crippen molar-refractivity contribution in [1.82, 2.24) is 0 Å². The lowest BCUT2D eigenvalue weighted by atomic mass is 9.96. The van der Waals surface area contributed by atoms with Gasteiger partial charge in [-0.25, -0.2) is 0 Å². The van der Waals surface area contributed by atoms with Crippen LogP contribution in [0.15, 0.2) is 35.4 Å². The van der Waals surface area contributed by atoms with Crippen LogP contribution >= 0.6 is 46.4 Å². The predicted octanol–water partition coefficient (Wildman–Crippen LogP) is 3.94. The van der Waals surface area contributed by atoms with Crippen LogP contribution in [0.4, 0.5) is 5.69 Å². The lowest BCUT2D eigenvalue weighted by molar-refractivity contribution is 0.780. The second kappa shape index (κ2) is 4.95. The van der Waals surface area contributed by atoms with Gasteiger partial charge in [0, 0.05) is 21.9 Å². The Hall–Kier alpha value is -0.380. The van der Waals surface area contributed by atoms with Crippen LogP contribution in [0.1, 0.15) is 5.56 Å². The highest BCUT2D eigenvalue weighted by atomic mass is 35.5. The van der Waals surface area contributed by atoms with Gasteiger partial charge < -0.3 is 11.5 Å². The Morgan fingerprint density at radius 3 is 2.44 bits per heavy atom. The van der Waals surface area contributed by atoms with Crippen LogP contribution in [-0.2, 0) is 0 Å². The maximum atomic E-state index is 6.16. The third-order valence-corrected chi connectivity index (χ3v) is 4.01. The van der Waals surface area contributed by atoms with Crippen molar-refractivity contribution in [3.63, 3.8) is 0 Å². The van der Waals surface area contributed by atoms with Crippen molar-refractivity contribution in [2.75, 3.05) is 5.73 Å². The van der Waals surface area contributed by atoms with Crippen molar-refractivity contribution < 1.29 is 0 Å². The molecule has 0 radical (unpaired) electrons. The standard InChI is InChI=1S/C12H10Cl4N2/c13-9-3-6(17)1-2-7(9)8-5-12(15,16)11(18)4-10(8)14/h1-5,11H,17-18H2. The van der Waals surface area contributed by atoms with Crippen molar-refractivity contribution in [2.24, 2.45) is 5.73 Å². The number of nitrogens with two attached hydrogens (primary N) is 2. The highest BCUT2D eigenvalue weighted by Gasteiger charge is 2.34. The Bertz CT molecular complexity index is 549. The molecule has 0 bridgehead atoms. The first-order chi connectivity index (χ1) is 8.31. The predicted molar refractivity (Wildman–Crippen MR) is 80.2 cm³/mol. The van der Waals surface area contributed by atoms with E-state index in [1.54, 1.807) is 30.4 Å². The van der Waals surface area contributed by atoms with Gasteiger partial charge in [0.1, 0.15) is 0 Å². The Morgan fingerprint density at radius 1 is 1.17 bits per heavy atom. The van der Waals surface area contributed by atoms with Gasteiger partial charge in [-0.3, -0.25) is 0 Å². The van der Waals surface area contributed by atoms with Crippen LogP contribution < -0.4 is 11.5 Å². The summed E-state index contributed by atoms with van der Waals surface area (Å²) in [6, 6.07) is 4.57. The molecule has 18 heavy (non-hydrogen) atoms. The van der Waals surface area contributed by atoms with E-state index in [1.807, 2.05) is 0 Å². The van der Waals surface area contributed by atoms with E-state index < -0.39 is 10.4 Å². The van der Waals surface area contributed by atoms with Crippen LogP contribution in [-0.4, -0.2) is 10.4 Å². The van der Waals surface area contributed by atoms with E-state index in [4.69, 9.17) is 57.9 Å². The minimum Gasteiger partial charge on any atom is -0.399 e. The number of hydrogen-bond acceptors (Lipinski definition) is 2. The molecule has 1 unspecified atom stereocenters. The minimum atomic E-state index is -1.21. The molecule has 4 N–H and O–H groups in total. The van der Waals surface area contributed by atoms with Crippen LogP contribution in [0.2, 0.25) is 5.02 Å². The quantitative estimate of drug-likeness (QED) is 0.607. The number of benzene rings is 1. The summed E-state index contributed by atoms with van der Waals surface area (Å²) in [6.07, 6.45) is 3.20. The smallest absolute Gasteiger partial charge is 0.155 e. The fraction of sp³-hybridized carbons (Fsp3) is 0.167. The van der Waals surface area contributed by atoms with Gasteiger partial charge >= 0.3 is 0 Å². The monoisotopic (exact) mass is 322 g/mol. The van der Waals surface area contributed by atoms with Crippen molar-refractivity contribution in [2.45, 2.75) is 10.4 Å². The first-order valence-electron chi connectivity index (χ1n) is 5.10. The molecule has 0 aromatic heterocycles. The average molecular weight is 324 g/mol. The van der Waals surface area contributed by atoms with Crippen molar-refractivity contribution in [3.05, 3.63) is 46.0 Å². The van der Waals surface area contributed by atoms with E-state index in [-0.39, 0.29) is 0 Å². The normalized spacial score (nSPS) is 22.4. The van der Waals surface area contributed by atoms with E-state index in [2.05, 4.69) is 0 Å². The van der Waals surface area contributed by atoms with E-state index >= 15 is 0 Å². The molecule has 0 amide bonds. The van der Waals surface area contributed by atoms with E-state index in [1.165, 1.54) is 0 Å². The molecule has 0 heterocycles. The van der Waals surface area contributed by atoms with Crippen molar-refractivity contribution in [3.8, 4) is 0 Å². The topological polar surface area (TPSA) is 52.0 Å². The number of nitrogen functional groups attached to an aromatic ring is 1. The Balaban J connectivity index is 2.53. The molecule has 1 aromatic carbocycles. The number of rotatable bonds is 1. The summed E-state index contributed by atoms with van der Waals surface area (Å²) >= 11 is 24.5. The maximum absolute atomic E-state index is 6.16. The summed E-state index contributed by atoms with van der Waals surface area (Å²) in [5.41, 5.74) is 13.4. The Morgan fingerprint density at radius 2 is 1.83 bits per heavy atom. The fourth-order valence-corrected chi connectivity index (χ4v) is 2.60. The average Bonchev–Trinajstić information content (AvgIpc) is 2.24. The second-order valence-corrected chi connectivity index (χ2v) is 6.27. The van der Waals surface area contributed by atoms with Crippen molar-refractivity contribution in [1.29, 1.82) is 0 Å². The molecule has 2 nitrogen and oxygen atoms in total. The molecule has 0 fully saturated rings. The zero-order valence-corrected chi connectivity index (χ0v) is 12.2. The molecule has 6 heteroatoms. The van der Waals surface area contributed by atoms with E-state index in [0.29, 0.717) is 26.9 Å². The molecule has 1 atom stereocenters.